The van der Waals surface area contributed by atoms with Crippen LogP contribution in [0.2, 0.25) is 5.02 Å². The third-order valence-corrected chi connectivity index (χ3v) is 3.75. The summed E-state index contributed by atoms with van der Waals surface area (Å²) in [5.41, 5.74) is 12.4. The second-order valence-electron chi connectivity index (χ2n) is 4.99. The van der Waals surface area contributed by atoms with Crippen LogP contribution in [0.5, 0.6) is 0 Å². The molecule has 5 heteroatoms. The van der Waals surface area contributed by atoms with Crippen molar-refractivity contribution in [2.75, 3.05) is 17.7 Å². The summed E-state index contributed by atoms with van der Waals surface area (Å²) in [5, 5.41) is 0.438. The van der Waals surface area contributed by atoms with Gasteiger partial charge in [-0.05, 0) is 32.4 Å². The highest BCUT2D eigenvalue weighted by molar-refractivity contribution is 6.34. The summed E-state index contributed by atoms with van der Waals surface area (Å²) in [5.74, 6) is -0.530. The Kier molecular flexibility index (Phi) is 4.12. The number of hydrogen-bond donors (Lipinski definition) is 2. The molecule has 1 rings (SSSR count). The fraction of sp³-hybridized carbons (Fsp3) is 0.462. The van der Waals surface area contributed by atoms with Gasteiger partial charge >= 0.3 is 0 Å². The van der Waals surface area contributed by atoms with Gasteiger partial charge < -0.3 is 16.4 Å². The average molecular weight is 270 g/mol. The summed E-state index contributed by atoms with van der Waals surface area (Å²) < 4.78 is 0. The molecule has 0 saturated carbocycles. The number of carbonyl (C=O) groups is 1. The SMILES string of the molecule is CCC(C)(C)N(C)c1c(Cl)cc(N)cc1C(N)=O. The standard InChI is InChI=1S/C13H20ClN3O/c1-5-13(2,3)17(4)11-9(12(16)18)6-8(15)7-10(11)14/h6-7H,5,15H2,1-4H3,(H2,16,18). The van der Waals surface area contributed by atoms with E-state index in [2.05, 4.69) is 20.8 Å². The monoisotopic (exact) mass is 269 g/mol. The van der Waals surface area contributed by atoms with Gasteiger partial charge in [0.15, 0.2) is 0 Å². The zero-order valence-corrected chi connectivity index (χ0v) is 12.0. The van der Waals surface area contributed by atoms with E-state index < -0.39 is 5.91 Å². The number of hydrogen-bond acceptors (Lipinski definition) is 3. The first-order valence-corrected chi connectivity index (χ1v) is 6.21. The van der Waals surface area contributed by atoms with Gasteiger partial charge in [0.2, 0.25) is 0 Å². The maximum absolute atomic E-state index is 11.5. The topological polar surface area (TPSA) is 72.3 Å². The molecular formula is C13H20ClN3O. The predicted molar refractivity (Wildman–Crippen MR) is 77.2 cm³/mol. The number of carbonyl (C=O) groups excluding carboxylic acids is 1. The fourth-order valence-electron chi connectivity index (χ4n) is 1.69. The van der Waals surface area contributed by atoms with Gasteiger partial charge in [-0.15, -0.1) is 0 Å². The molecule has 1 amide bonds. The van der Waals surface area contributed by atoms with Crippen LogP contribution in [0, 0.1) is 0 Å². The summed E-state index contributed by atoms with van der Waals surface area (Å²) in [7, 11) is 1.90. The zero-order valence-electron chi connectivity index (χ0n) is 11.2. The van der Waals surface area contributed by atoms with Gasteiger partial charge in [0.1, 0.15) is 0 Å². The lowest BCUT2D eigenvalue weighted by molar-refractivity contribution is 0.100. The van der Waals surface area contributed by atoms with E-state index in [1.54, 1.807) is 12.1 Å². The van der Waals surface area contributed by atoms with Crippen LogP contribution in [0.25, 0.3) is 0 Å². The highest BCUT2D eigenvalue weighted by Crippen LogP contribution is 2.36. The van der Waals surface area contributed by atoms with Gasteiger partial charge in [0.05, 0.1) is 16.3 Å². The van der Waals surface area contributed by atoms with Crippen LogP contribution in [-0.4, -0.2) is 18.5 Å². The highest BCUT2D eigenvalue weighted by Gasteiger charge is 2.27. The zero-order chi connectivity index (χ0) is 14.1. The number of nitrogens with zero attached hydrogens (tertiary/aromatic N) is 1. The number of anilines is 2. The highest BCUT2D eigenvalue weighted by atomic mass is 35.5. The van der Waals surface area contributed by atoms with Crippen LogP contribution in [-0.2, 0) is 0 Å². The van der Waals surface area contributed by atoms with Crippen molar-refractivity contribution >= 4 is 28.9 Å². The lowest BCUT2D eigenvalue weighted by Crippen LogP contribution is -2.41. The van der Waals surface area contributed by atoms with Crippen LogP contribution < -0.4 is 16.4 Å². The Labute approximate surface area is 113 Å². The quantitative estimate of drug-likeness (QED) is 0.826. The van der Waals surface area contributed by atoms with Crippen molar-refractivity contribution < 1.29 is 4.79 Å². The van der Waals surface area contributed by atoms with Crippen molar-refractivity contribution in [1.82, 2.24) is 0 Å². The Hall–Kier alpha value is -1.42. The smallest absolute Gasteiger partial charge is 0.250 e. The summed E-state index contributed by atoms with van der Waals surface area (Å²) in [6, 6.07) is 3.19. The molecule has 0 bridgehead atoms. The molecule has 0 radical (unpaired) electrons. The minimum Gasteiger partial charge on any atom is -0.399 e. The van der Waals surface area contributed by atoms with Crippen LogP contribution in [0.1, 0.15) is 37.6 Å². The summed E-state index contributed by atoms with van der Waals surface area (Å²) in [4.78, 5) is 13.5. The molecule has 0 spiro atoms. The molecule has 4 nitrogen and oxygen atoms in total. The predicted octanol–water partition coefficient (Wildman–Crippen LogP) is 2.65. The molecule has 0 aliphatic carbocycles. The minimum atomic E-state index is -0.530. The molecule has 100 valence electrons. The van der Waals surface area contributed by atoms with E-state index in [4.69, 9.17) is 23.1 Å². The van der Waals surface area contributed by atoms with Gasteiger partial charge in [-0.3, -0.25) is 4.79 Å². The molecule has 1 aromatic carbocycles. The molecule has 18 heavy (non-hydrogen) atoms. The van der Waals surface area contributed by atoms with Crippen LogP contribution >= 0.6 is 11.6 Å². The second-order valence-corrected chi connectivity index (χ2v) is 5.40. The first kappa shape index (κ1) is 14.6. The van der Waals surface area contributed by atoms with Crippen LogP contribution in [0.3, 0.4) is 0 Å². The number of primary amides is 1. The van der Waals surface area contributed by atoms with Gasteiger partial charge in [-0.25, -0.2) is 0 Å². The molecule has 0 aliphatic rings. The van der Waals surface area contributed by atoms with Gasteiger partial charge in [-0.1, -0.05) is 18.5 Å². The number of nitrogens with two attached hydrogens (primary N) is 2. The lowest BCUT2D eigenvalue weighted by atomic mass is 9.97. The van der Waals surface area contributed by atoms with Crippen LogP contribution in [0.4, 0.5) is 11.4 Å². The van der Waals surface area contributed by atoms with E-state index in [0.717, 1.165) is 6.42 Å². The number of nitrogen functional groups attached to an aromatic ring is 1. The van der Waals surface area contributed by atoms with E-state index in [0.29, 0.717) is 22.0 Å². The first-order valence-electron chi connectivity index (χ1n) is 5.83. The molecular weight excluding hydrogens is 250 g/mol. The summed E-state index contributed by atoms with van der Waals surface area (Å²) >= 11 is 6.21. The maximum atomic E-state index is 11.5. The Morgan fingerprint density at radius 1 is 1.44 bits per heavy atom. The minimum absolute atomic E-state index is 0.135. The van der Waals surface area contributed by atoms with E-state index in [1.807, 2.05) is 11.9 Å². The molecule has 4 N–H and O–H groups in total. The van der Waals surface area contributed by atoms with E-state index in [9.17, 15) is 4.79 Å². The van der Waals surface area contributed by atoms with Gasteiger partial charge in [-0.2, -0.15) is 0 Å². The average Bonchev–Trinajstić information content (AvgIpc) is 2.27. The van der Waals surface area contributed by atoms with Crippen molar-refractivity contribution in [3.05, 3.63) is 22.7 Å². The number of amides is 1. The third kappa shape index (κ3) is 2.70. The molecule has 1 aromatic rings. The Bertz CT molecular complexity index is 472. The third-order valence-electron chi connectivity index (χ3n) is 3.46. The fourth-order valence-corrected chi connectivity index (χ4v) is 2.04. The summed E-state index contributed by atoms with van der Waals surface area (Å²) in [6.07, 6.45) is 0.905. The molecule has 0 heterocycles. The number of rotatable bonds is 4. The Morgan fingerprint density at radius 3 is 2.44 bits per heavy atom. The molecule has 0 atom stereocenters. The van der Waals surface area contributed by atoms with E-state index >= 15 is 0 Å². The maximum Gasteiger partial charge on any atom is 0.250 e. The summed E-state index contributed by atoms with van der Waals surface area (Å²) in [6.45, 7) is 6.22. The molecule has 0 saturated heterocycles. The normalized spacial score (nSPS) is 11.4. The second kappa shape index (κ2) is 5.06. The Morgan fingerprint density at radius 2 is 2.00 bits per heavy atom. The van der Waals surface area contributed by atoms with Crippen molar-refractivity contribution in [3.8, 4) is 0 Å². The number of benzene rings is 1. The van der Waals surface area contributed by atoms with Gasteiger partial charge in [0.25, 0.3) is 5.91 Å². The molecule has 0 fully saturated rings. The Balaban J connectivity index is 3.44. The van der Waals surface area contributed by atoms with E-state index in [-0.39, 0.29) is 5.54 Å². The van der Waals surface area contributed by atoms with Crippen molar-refractivity contribution in [2.45, 2.75) is 32.7 Å². The van der Waals surface area contributed by atoms with Crippen molar-refractivity contribution in [2.24, 2.45) is 5.73 Å². The van der Waals surface area contributed by atoms with Crippen molar-refractivity contribution in [1.29, 1.82) is 0 Å². The molecule has 0 aromatic heterocycles. The van der Waals surface area contributed by atoms with Gasteiger partial charge in [0, 0.05) is 18.3 Å². The first-order chi connectivity index (χ1) is 8.20. The van der Waals surface area contributed by atoms with Crippen molar-refractivity contribution in [3.63, 3.8) is 0 Å². The largest absolute Gasteiger partial charge is 0.399 e. The van der Waals surface area contributed by atoms with Crippen LogP contribution in [0.15, 0.2) is 12.1 Å². The molecule has 0 aliphatic heterocycles. The van der Waals surface area contributed by atoms with E-state index in [1.165, 1.54) is 0 Å². The number of halogens is 1. The molecule has 0 unspecified atom stereocenters. The lowest BCUT2D eigenvalue weighted by Gasteiger charge is -2.38.